The van der Waals surface area contributed by atoms with Crippen LogP contribution in [0.2, 0.25) is 0 Å². The topological polar surface area (TPSA) is 124 Å². The molecule has 0 fully saturated rings. The molecule has 2 heterocycles. The Morgan fingerprint density at radius 1 is 1.03 bits per heavy atom. The third-order valence-corrected chi connectivity index (χ3v) is 6.24. The predicted octanol–water partition coefficient (Wildman–Crippen LogP) is 3.70. The number of benzene rings is 3. The van der Waals surface area contributed by atoms with Crippen molar-refractivity contribution in [2.45, 2.75) is 32.7 Å². The van der Waals surface area contributed by atoms with E-state index in [0.717, 1.165) is 23.3 Å². The number of rotatable bonds is 5. The molecule has 0 unspecified atom stereocenters. The van der Waals surface area contributed by atoms with E-state index in [4.69, 9.17) is 16.2 Å². The van der Waals surface area contributed by atoms with Gasteiger partial charge in [0.15, 0.2) is 11.6 Å². The van der Waals surface area contributed by atoms with Crippen LogP contribution in [0.1, 0.15) is 34.1 Å². The van der Waals surface area contributed by atoms with Crippen molar-refractivity contribution in [2.24, 2.45) is 5.73 Å². The van der Waals surface area contributed by atoms with Crippen LogP contribution < -0.4 is 11.5 Å². The van der Waals surface area contributed by atoms with E-state index in [9.17, 15) is 18.4 Å². The molecule has 0 aliphatic carbocycles. The van der Waals surface area contributed by atoms with Crippen molar-refractivity contribution in [3.05, 3.63) is 88.6 Å². The highest BCUT2D eigenvalue weighted by Crippen LogP contribution is 2.32. The molecule has 1 aliphatic rings. The predicted molar refractivity (Wildman–Crippen MR) is 133 cm³/mol. The second kappa shape index (κ2) is 9.55. The van der Waals surface area contributed by atoms with E-state index >= 15 is 0 Å². The minimum Gasteiger partial charge on any atom is -0.460 e. The fourth-order valence-electron chi connectivity index (χ4n) is 4.36. The number of fused-ring (bicyclic) bond motifs is 2. The van der Waals surface area contributed by atoms with Crippen LogP contribution in [0, 0.1) is 11.6 Å². The van der Waals surface area contributed by atoms with Crippen molar-refractivity contribution < 1.29 is 23.1 Å². The summed E-state index contributed by atoms with van der Waals surface area (Å²) < 4.78 is 33.5. The van der Waals surface area contributed by atoms with Gasteiger partial charge < -0.3 is 21.1 Å². The fraction of sp³-hybridized carbons (Fsp3) is 0.185. The first kappa shape index (κ1) is 24.3. The van der Waals surface area contributed by atoms with E-state index in [-0.39, 0.29) is 35.3 Å². The molecular formula is C27H23F2N5O3. The SMILES string of the molecule is C[C@H](N)C(=O)OCc1cc(F)c(F)cc1-c1ccc2nc(N)nc(C(=O)N3Cc4ccccc4C3)c2c1. The molecule has 0 bridgehead atoms. The Bertz CT molecular complexity index is 1530. The van der Waals surface area contributed by atoms with Gasteiger partial charge in [0.25, 0.3) is 5.91 Å². The monoisotopic (exact) mass is 503 g/mol. The Balaban J connectivity index is 1.56. The molecule has 0 saturated carbocycles. The Kier molecular flexibility index (Phi) is 6.26. The van der Waals surface area contributed by atoms with Gasteiger partial charge >= 0.3 is 5.97 Å². The molecule has 8 nitrogen and oxygen atoms in total. The van der Waals surface area contributed by atoms with Gasteiger partial charge in [-0.1, -0.05) is 30.3 Å². The summed E-state index contributed by atoms with van der Waals surface area (Å²) in [6.45, 7) is 2.00. The van der Waals surface area contributed by atoms with Crippen LogP contribution >= 0.6 is 0 Å². The number of anilines is 1. The summed E-state index contributed by atoms with van der Waals surface area (Å²) >= 11 is 0. The number of hydrogen-bond donors (Lipinski definition) is 2. The molecule has 4 aromatic rings. The molecule has 1 aliphatic heterocycles. The normalized spacial score (nSPS) is 13.5. The van der Waals surface area contributed by atoms with Crippen LogP contribution in [0.15, 0.2) is 54.6 Å². The van der Waals surface area contributed by atoms with Crippen LogP contribution in [0.25, 0.3) is 22.0 Å². The van der Waals surface area contributed by atoms with Crippen molar-refractivity contribution in [1.29, 1.82) is 0 Å². The summed E-state index contributed by atoms with van der Waals surface area (Å²) in [6.07, 6.45) is 0. The van der Waals surface area contributed by atoms with Crippen LogP contribution in [0.5, 0.6) is 0 Å². The summed E-state index contributed by atoms with van der Waals surface area (Å²) in [5, 5.41) is 0.399. The molecule has 1 atom stereocenters. The van der Waals surface area contributed by atoms with Gasteiger partial charge in [-0.3, -0.25) is 9.59 Å². The average molecular weight is 504 g/mol. The van der Waals surface area contributed by atoms with E-state index in [2.05, 4.69) is 9.97 Å². The highest BCUT2D eigenvalue weighted by Gasteiger charge is 2.27. The van der Waals surface area contributed by atoms with Gasteiger partial charge in [0, 0.05) is 24.0 Å². The maximum Gasteiger partial charge on any atom is 0.322 e. The van der Waals surface area contributed by atoms with Crippen molar-refractivity contribution in [3.63, 3.8) is 0 Å². The first-order valence-corrected chi connectivity index (χ1v) is 11.5. The van der Waals surface area contributed by atoms with Gasteiger partial charge in [0.1, 0.15) is 18.3 Å². The summed E-state index contributed by atoms with van der Waals surface area (Å²) in [4.78, 5) is 35.5. The average Bonchev–Trinajstić information content (AvgIpc) is 3.32. The second-order valence-corrected chi connectivity index (χ2v) is 8.91. The number of esters is 1. The lowest BCUT2D eigenvalue weighted by Gasteiger charge is -2.17. The molecule has 1 aromatic heterocycles. The standard InChI is InChI=1S/C27H23F2N5O3/c1-14(30)26(36)37-13-18-9-21(28)22(29)10-19(18)15-6-7-23-20(8-15)24(33-27(31)32-23)25(35)34-11-16-4-2-3-5-17(16)12-34/h2-10,14H,11-13,30H2,1H3,(H2,31,32,33)/t14-/m0/s1. The first-order chi connectivity index (χ1) is 17.7. The van der Waals surface area contributed by atoms with Gasteiger partial charge in [0.05, 0.1) is 5.52 Å². The highest BCUT2D eigenvalue weighted by atomic mass is 19.2. The molecule has 0 spiro atoms. The number of nitrogen functional groups attached to an aromatic ring is 1. The van der Waals surface area contributed by atoms with Gasteiger partial charge in [0.2, 0.25) is 5.95 Å². The Hall–Kier alpha value is -4.44. The summed E-state index contributed by atoms with van der Waals surface area (Å²) in [6, 6.07) is 13.8. The van der Waals surface area contributed by atoms with Gasteiger partial charge in [-0.25, -0.2) is 18.7 Å². The molecule has 1 amide bonds. The largest absolute Gasteiger partial charge is 0.460 e. The quantitative estimate of drug-likeness (QED) is 0.398. The molecular weight excluding hydrogens is 480 g/mol. The maximum absolute atomic E-state index is 14.3. The zero-order chi connectivity index (χ0) is 26.3. The molecule has 3 aromatic carbocycles. The summed E-state index contributed by atoms with van der Waals surface area (Å²) in [5.41, 5.74) is 15.0. The van der Waals surface area contributed by atoms with E-state index in [1.165, 1.54) is 6.92 Å². The van der Waals surface area contributed by atoms with E-state index in [0.29, 0.717) is 29.6 Å². The van der Waals surface area contributed by atoms with Crippen molar-refractivity contribution in [1.82, 2.24) is 14.9 Å². The van der Waals surface area contributed by atoms with Crippen molar-refractivity contribution in [3.8, 4) is 11.1 Å². The molecule has 0 saturated heterocycles. The Morgan fingerprint density at radius 2 is 1.70 bits per heavy atom. The summed E-state index contributed by atoms with van der Waals surface area (Å²) in [5.74, 6) is -3.23. The maximum atomic E-state index is 14.3. The van der Waals surface area contributed by atoms with Gasteiger partial charge in [-0.15, -0.1) is 0 Å². The van der Waals surface area contributed by atoms with Crippen LogP contribution in [0.3, 0.4) is 0 Å². The number of ether oxygens (including phenoxy) is 1. The third-order valence-electron chi connectivity index (χ3n) is 6.24. The molecule has 0 radical (unpaired) electrons. The number of halogens is 2. The molecule has 5 rings (SSSR count). The number of amides is 1. The molecule has 37 heavy (non-hydrogen) atoms. The van der Waals surface area contributed by atoms with Crippen LogP contribution in [-0.4, -0.2) is 32.8 Å². The zero-order valence-corrected chi connectivity index (χ0v) is 19.9. The Labute approximate surface area is 210 Å². The van der Waals surface area contributed by atoms with E-state index in [1.807, 2.05) is 24.3 Å². The fourth-order valence-corrected chi connectivity index (χ4v) is 4.36. The van der Waals surface area contributed by atoms with Crippen LogP contribution in [-0.2, 0) is 29.2 Å². The second-order valence-electron chi connectivity index (χ2n) is 8.91. The van der Waals surface area contributed by atoms with Gasteiger partial charge in [-0.2, -0.15) is 0 Å². The number of nitrogens with two attached hydrogens (primary N) is 2. The van der Waals surface area contributed by atoms with Crippen LogP contribution in [0.4, 0.5) is 14.7 Å². The number of carbonyl (C=O) groups excluding carboxylic acids is 2. The number of hydrogen-bond acceptors (Lipinski definition) is 7. The minimum atomic E-state index is -1.09. The number of aromatic nitrogens is 2. The van der Waals surface area contributed by atoms with Crippen molar-refractivity contribution >= 4 is 28.7 Å². The van der Waals surface area contributed by atoms with Gasteiger partial charge in [-0.05, 0) is 53.4 Å². The number of nitrogens with zero attached hydrogens (tertiary/aromatic N) is 3. The molecule has 188 valence electrons. The zero-order valence-electron chi connectivity index (χ0n) is 19.9. The molecule has 10 heteroatoms. The highest BCUT2D eigenvalue weighted by molar-refractivity contribution is 6.06. The number of carbonyl (C=O) groups is 2. The lowest BCUT2D eigenvalue weighted by Crippen LogP contribution is -2.28. The lowest BCUT2D eigenvalue weighted by atomic mass is 9.97. The minimum absolute atomic E-state index is 0.0587. The first-order valence-electron chi connectivity index (χ1n) is 11.5. The van der Waals surface area contributed by atoms with E-state index in [1.54, 1.807) is 23.1 Å². The van der Waals surface area contributed by atoms with Crippen molar-refractivity contribution in [2.75, 3.05) is 5.73 Å². The lowest BCUT2D eigenvalue weighted by molar-refractivity contribution is -0.146. The third kappa shape index (κ3) is 4.70. The summed E-state index contributed by atoms with van der Waals surface area (Å²) in [7, 11) is 0. The smallest absolute Gasteiger partial charge is 0.322 e. The van der Waals surface area contributed by atoms with E-state index < -0.39 is 23.6 Å². The Morgan fingerprint density at radius 3 is 2.38 bits per heavy atom. The molecule has 4 N–H and O–H groups in total.